The van der Waals surface area contributed by atoms with Gasteiger partial charge in [-0.05, 0) is 43.0 Å². The lowest BCUT2D eigenvalue weighted by Crippen LogP contribution is -2.45. The smallest absolute Gasteiger partial charge is 0.302 e. The molecule has 1 aliphatic rings. The Morgan fingerprint density at radius 2 is 2.05 bits per heavy atom. The minimum absolute atomic E-state index is 0.133. The van der Waals surface area contributed by atoms with Gasteiger partial charge in [0.25, 0.3) is 0 Å². The molecule has 0 saturated heterocycles. The average Bonchev–Trinajstić information content (AvgIpc) is 2.25. The van der Waals surface area contributed by atoms with Gasteiger partial charge in [0.1, 0.15) is 6.61 Å². The van der Waals surface area contributed by atoms with Gasteiger partial charge in [-0.3, -0.25) is 4.79 Å². The van der Waals surface area contributed by atoms with E-state index in [1.165, 1.54) is 6.92 Å². The highest BCUT2D eigenvalue weighted by molar-refractivity contribution is 6.74. The highest BCUT2D eigenvalue weighted by atomic mass is 28.4. The molecule has 0 fully saturated rings. The first-order valence-corrected chi connectivity index (χ1v) is 10.0. The second kappa shape index (κ2) is 6.22. The van der Waals surface area contributed by atoms with Crippen molar-refractivity contribution in [2.75, 3.05) is 6.61 Å². The van der Waals surface area contributed by atoms with Crippen molar-refractivity contribution in [1.29, 1.82) is 0 Å². The van der Waals surface area contributed by atoms with Crippen LogP contribution >= 0.6 is 0 Å². The quantitative estimate of drug-likeness (QED) is 0.444. The standard InChI is InChI=1S/C15H28O3Si/c1-12(16)17-11-13-9-7-8-10-14(13)18-19(5,6)15(2,3)4/h9,14H,7-8,10-11H2,1-6H3. The van der Waals surface area contributed by atoms with Crippen molar-refractivity contribution in [3.63, 3.8) is 0 Å². The number of esters is 1. The molecule has 1 aliphatic carbocycles. The Hall–Kier alpha value is -0.613. The summed E-state index contributed by atoms with van der Waals surface area (Å²) in [4.78, 5) is 11.0. The van der Waals surface area contributed by atoms with E-state index in [1.807, 2.05) is 0 Å². The molecule has 3 nitrogen and oxygen atoms in total. The van der Waals surface area contributed by atoms with Crippen LogP contribution in [0.3, 0.4) is 0 Å². The molecule has 0 aliphatic heterocycles. The Morgan fingerprint density at radius 1 is 1.42 bits per heavy atom. The fourth-order valence-electron chi connectivity index (χ4n) is 1.91. The maximum Gasteiger partial charge on any atom is 0.302 e. The Bertz CT molecular complexity index is 353. The van der Waals surface area contributed by atoms with Crippen molar-refractivity contribution in [3.8, 4) is 0 Å². The highest BCUT2D eigenvalue weighted by Gasteiger charge is 2.40. The fraction of sp³-hybridized carbons (Fsp3) is 0.800. The Morgan fingerprint density at radius 3 is 2.58 bits per heavy atom. The predicted octanol–water partition coefficient (Wildman–Crippen LogP) is 4.05. The molecule has 110 valence electrons. The van der Waals surface area contributed by atoms with E-state index in [0.717, 1.165) is 24.8 Å². The Balaban J connectivity index is 2.72. The molecule has 1 rings (SSSR count). The van der Waals surface area contributed by atoms with E-state index in [9.17, 15) is 4.79 Å². The number of hydrogen-bond donors (Lipinski definition) is 0. The van der Waals surface area contributed by atoms with Crippen LogP contribution in [0.2, 0.25) is 18.1 Å². The van der Waals surface area contributed by atoms with Crippen LogP contribution in [0.15, 0.2) is 11.6 Å². The van der Waals surface area contributed by atoms with Crippen LogP contribution in [0.25, 0.3) is 0 Å². The molecule has 0 spiro atoms. The molecule has 4 heteroatoms. The van der Waals surface area contributed by atoms with Crippen LogP contribution in [-0.4, -0.2) is 27.0 Å². The van der Waals surface area contributed by atoms with Crippen molar-refractivity contribution in [1.82, 2.24) is 0 Å². The molecule has 0 aromatic rings. The third kappa shape index (κ3) is 4.77. The molecule has 0 heterocycles. The van der Waals surface area contributed by atoms with E-state index in [-0.39, 0.29) is 17.1 Å². The number of carbonyl (C=O) groups excluding carboxylic acids is 1. The largest absolute Gasteiger partial charge is 0.461 e. The van der Waals surface area contributed by atoms with E-state index < -0.39 is 8.32 Å². The van der Waals surface area contributed by atoms with Crippen LogP contribution in [0.1, 0.15) is 47.0 Å². The molecular formula is C15H28O3Si. The van der Waals surface area contributed by atoms with Crippen LogP contribution in [0, 0.1) is 0 Å². The van der Waals surface area contributed by atoms with Gasteiger partial charge in [0.15, 0.2) is 8.32 Å². The summed E-state index contributed by atoms with van der Waals surface area (Å²) in [5.41, 5.74) is 1.14. The lowest BCUT2D eigenvalue weighted by atomic mass is 9.97. The fourth-order valence-corrected chi connectivity index (χ4v) is 3.25. The summed E-state index contributed by atoms with van der Waals surface area (Å²) in [6.07, 6.45) is 5.58. The third-order valence-electron chi connectivity index (χ3n) is 4.18. The van der Waals surface area contributed by atoms with Gasteiger partial charge in [-0.1, -0.05) is 26.8 Å². The van der Waals surface area contributed by atoms with Crippen LogP contribution in [0.5, 0.6) is 0 Å². The van der Waals surface area contributed by atoms with Gasteiger partial charge in [0.05, 0.1) is 6.10 Å². The normalized spacial score (nSPS) is 20.9. The molecule has 0 aromatic carbocycles. The summed E-state index contributed by atoms with van der Waals surface area (Å²) in [5, 5.41) is 0.205. The Kier molecular flexibility index (Phi) is 5.39. The molecule has 0 amide bonds. The predicted molar refractivity (Wildman–Crippen MR) is 80.6 cm³/mol. The van der Waals surface area contributed by atoms with Gasteiger partial charge >= 0.3 is 5.97 Å². The summed E-state index contributed by atoms with van der Waals surface area (Å²) < 4.78 is 11.6. The summed E-state index contributed by atoms with van der Waals surface area (Å²) in [6.45, 7) is 13.1. The van der Waals surface area contributed by atoms with Gasteiger partial charge in [-0.25, -0.2) is 0 Å². The molecule has 0 saturated carbocycles. The van der Waals surface area contributed by atoms with E-state index in [1.54, 1.807) is 0 Å². The van der Waals surface area contributed by atoms with Gasteiger partial charge in [0, 0.05) is 6.92 Å². The monoisotopic (exact) mass is 284 g/mol. The Labute approximate surface area is 118 Å². The minimum Gasteiger partial charge on any atom is -0.461 e. The highest BCUT2D eigenvalue weighted by Crippen LogP contribution is 2.39. The van der Waals surface area contributed by atoms with Crippen molar-refractivity contribution in [2.45, 2.75) is 71.2 Å². The number of carbonyl (C=O) groups is 1. The summed E-state index contributed by atoms with van der Waals surface area (Å²) >= 11 is 0. The first-order valence-electron chi connectivity index (χ1n) is 7.13. The number of rotatable bonds is 4. The first-order chi connectivity index (χ1) is 8.63. The topological polar surface area (TPSA) is 35.5 Å². The van der Waals surface area contributed by atoms with Gasteiger partial charge in [-0.2, -0.15) is 0 Å². The summed E-state index contributed by atoms with van der Waals surface area (Å²) in [7, 11) is -1.77. The third-order valence-corrected chi connectivity index (χ3v) is 8.66. The molecular weight excluding hydrogens is 256 g/mol. The first kappa shape index (κ1) is 16.4. The molecule has 1 atom stereocenters. The molecule has 19 heavy (non-hydrogen) atoms. The zero-order valence-corrected chi connectivity index (χ0v) is 14.2. The van der Waals surface area contributed by atoms with E-state index in [0.29, 0.717) is 6.61 Å². The average molecular weight is 284 g/mol. The van der Waals surface area contributed by atoms with Crippen molar-refractivity contribution < 1.29 is 14.0 Å². The molecule has 0 aromatic heterocycles. The van der Waals surface area contributed by atoms with E-state index in [4.69, 9.17) is 9.16 Å². The van der Waals surface area contributed by atoms with Crippen molar-refractivity contribution in [3.05, 3.63) is 11.6 Å². The number of hydrogen-bond acceptors (Lipinski definition) is 3. The van der Waals surface area contributed by atoms with Crippen LogP contribution in [0.4, 0.5) is 0 Å². The second-order valence-corrected chi connectivity index (χ2v) is 11.6. The number of allylic oxidation sites excluding steroid dienone is 1. The second-order valence-electron chi connectivity index (χ2n) is 6.86. The number of ether oxygens (including phenoxy) is 1. The zero-order valence-electron chi connectivity index (χ0n) is 13.2. The zero-order chi connectivity index (χ0) is 14.7. The summed E-state index contributed by atoms with van der Waals surface area (Å²) in [6, 6.07) is 0. The van der Waals surface area contributed by atoms with Gasteiger partial charge in [0.2, 0.25) is 0 Å². The lowest BCUT2D eigenvalue weighted by Gasteiger charge is -2.40. The van der Waals surface area contributed by atoms with Gasteiger partial charge in [-0.15, -0.1) is 0 Å². The van der Waals surface area contributed by atoms with Gasteiger partial charge < -0.3 is 9.16 Å². The van der Waals surface area contributed by atoms with Crippen LogP contribution in [-0.2, 0) is 14.0 Å². The molecule has 0 radical (unpaired) electrons. The maximum atomic E-state index is 11.0. The SMILES string of the molecule is CC(=O)OCC1=CCCCC1O[Si](C)(C)C(C)(C)C. The van der Waals surface area contributed by atoms with Crippen LogP contribution < -0.4 is 0 Å². The van der Waals surface area contributed by atoms with E-state index >= 15 is 0 Å². The maximum absolute atomic E-state index is 11.0. The van der Waals surface area contributed by atoms with E-state index in [2.05, 4.69) is 39.9 Å². The lowest BCUT2D eigenvalue weighted by molar-refractivity contribution is -0.140. The molecule has 1 unspecified atom stereocenters. The summed E-state index contributed by atoms with van der Waals surface area (Å²) in [5.74, 6) is -0.224. The van der Waals surface area contributed by atoms with Crippen molar-refractivity contribution in [2.24, 2.45) is 0 Å². The van der Waals surface area contributed by atoms with Crippen molar-refractivity contribution >= 4 is 14.3 Å². The minimum atomic E-state index is -1.77. The molecule has 0 bridgehead atoms. The molecule has 0 N–H and O–H groups in total.